The van der Waals surface area contributed by atoms with E-state index >= 15 is 0 Å². The summed E-state index contributed by atoms with van der Waals surface area (Å²) in [5.74, 6) is -0.0259. The van der Waals surface area contributed by atoms with Crippen LogP contribution < -0.4 is 10.1 Å². The van der Waals surface area contributed by atoms with Crippen molar-refractivity contribution in [2.24, 2.45) is 0 Å². The lowest BCUT2D eigenvalue weighted by Gasteiger charge is -2.05. The highest BCUT2D eigenvalue weighted by Gasteiger charge is 2.03. The molecule has 0 aromatic heterocycles. The van der Waals surface area contributed by atoms with Crippen LogP contribution in [0, 0.1) is 11.3 Å². The summed E-state index contributed by atoms with van der Waals surface area (Å²) >= 11 is 3.26. The molecule has 72 valence electrons. The first kappa shape index (κ1) is 10.5. The number of amides is 1. The van der Waals surface area contributed by atoms with Crippen molar-refractivity contribution >= 4 is 27.5 Å². The third kappa shape index (κ3) is 2.47. The number of hydrogen-bond acceptors (Lipinski definition) is 3. The van der Waals surface area contributed by atoms with Crippen molar-refractivity contribution in [3.8, 4) is 11.8 Å². The molecule has 0 heterocycles. The third-order valence-corrected chi connectivity index (χ3v) is 2.13. The van der Waals surface area contributed by atoms with Gasteiger partial charge in [-0.05, 0) is 34.1 Å². The Kier molecular flexibility index (Phi) is 3.48. The van der Waals surface area contributed by atoms with Gasteiger partial charge in [0.15, 0.2) is 6.07 Å². The van der Waals surface area contributed by atoms with E-state index in [0.29, 0.717) is 11.4 Å². The van der Waals surface area contributed by atoms with Crippen molar-refractivity contribution < 1.29 is 9.53 Å². The monoisotopic (exact) mass is 254 g/mol. The second-order valence-electron chi connectivity index (χ2n) is 2.42. The average molecular weight is 255 g/mol. The summed E-state index contributed by atoms with van der Waals surface area (Å²) in [5, 5.41) is 10.7. The van der Waals surface area contributed by atoms with E-state index in [2.05, 4.69) is 21.2 Å². The molecule has 0 atom stereocenters. The molecule has 4 nitrogen and oxygen atoms in total. The van der Waals surface area contributed by atoms with E-state index in [-0.39, 0.29) is 0 Å². The lowest BCUT2D eigenvalue weighted by atomic mass is 10.3. The molecule has 0 aliphatic heterocycles. The van der Waals surface area contributed by atoms with Crippen LogP contribution in [-0.2, 0) is 4.79 Å². The van der Waals surface area contributed by atoms with Crippen molar-refractivity contribution in [3.63, 3.8) is 0 Å². The van der Waals surface area contributed by atoms with Gasteiger partial charge in [0.1, 0.15) is 5.75 Å². The Balaban J connectivity index is 2.87. The van der Waals surface area contributed by atoms with Gasteiger partial charge in [-0.25, -0.2) is 0 Å². The van der Waals surface area contributed by atoms with Gasteiger partial charge < -0.3 is 10.1 Å². The standard InChI is InChI=1S/C9H7BrN2O2/c1-14-8-3-2-6(4-7(8)10)12-9(13)5-11/h2-4H,1H3,(H,12,13). The number of carbonyl (C=O) groups excluding carboxylic acids is 1. The lowest BCUT2D eigenvalue weighted by molar-refractivity contribution is -0.111. The van der Waals surface area contributed by atoms with E-state index in [0.717, 1.165) is 4.47 Å². The molecule has 1 N–H and O–H groups in total. The molecule has 0 saturated heterocycles. The molecule has 0 aliphatic rings. The van der Waals surface area contributed by atoms with Gasteiger partial charge in [0.25, 0.3) is 0 Å². The molecule has 0 unspecified atom stereocenters. The molecular formula is C9H7BrN2O2. The normalized spacial score (nSPS) is 8.93. The largest absolute Gasteiger partial charge is 0.496 e. The van der Waals surface area contributed by atoms with E-state index in [1.165, 1.54) is 6.07 Å². The number of benzene rings is 1. The number of nitrogens with one attached hydrogen (secondary N) is 1. The summed E-state index contributed by atoms with van der Waals surface area (Å²) < 4.78 is 5.72. The molecule has 0 spiro atoms. The molecule has 0 bridgehead atoms. The number of halogens is 1. The van der Waals surface area contributed by atoms with Crippen molar-refractivity contribution in [3.05, 3.63) is 22.7 Å². The van der Waals surface area contributed by atoms with Crippen molar-refractivity contribution in [2.45, 2.75) is 0 Å². The van der Waals surface area contributed by atoms with Crippen LogP contribution in [0.15, 0.2) is 22.7 Å². The first-order chi connectivity index (χ1) is 6.67. The predicted octanol–water partition coefficient (Wildman–Crippen LogP) is 1.92. The van der Waals surface area contributed by atoms with Crippen LogP contribution in [-0.4, -0.2) is 13.0 Å². The molecule has 5 heteroatoms. The number of rotatable bonds is 2. The molecule has 1 aromatic carbocycles. The van der Waals surface area contributed by atoms with Gasteiger partial charge in [-0.3, -0.25) is 4.79 Å². The summed E-state index contributed by atoms with van der Waals surface area (Å²) in [7, 11) is 1.55. The van der Waals surface area contributed by atoms with Gasteiger partial charge in [0.2, 0.25) is 0 Å². The van der Waals surface area contributed by atoms with Crippen LogP contribution in [0.4, 0.5) is 5.69 Å². The highest BCUT2D eigenvalue weighted by molar-refractivity contribution is 9.10. The van der Waals surface area contributed by atoms with Gasteiger partial charge >= 0.3 is 5.91 Å². The van der Waals surface area contributed by atoms with Gasteiger partial charge in [0, 0.05) is 5.69 Å². The van der Waals surface area contributed by atoms with Crippen molar-refractivity contribution in [1.82, 2.24) is 0 Å². The van der Waals surface area contributed by atoms with Crippen LogP contribution in [0.3, 0.4) is 0 Å². The molecule has 1 aromatic rings. The van der Waals surface area contributed by atoms with Crippen LogP contribution in [0.2, 0.25) is 0 Å². The Hall–Kier alpha value is -1.54. The first-order valence-electron chi connectivity index (χ1n) is 3.72. The molecule has 0 fully saturated rings. The summed E-state index contributed by atoms with van der Waals surface area (Å²) in [6.45, 7) is 0. The van der Waals surface area contributed by atoms with Crippen molar-refractivity contribution in [2.75, 3.05) is 12.4 Å². The zero-order chi connectivity index (χ0) is 10.6. The van der Waals surface area contributed by atoms with E-state index in [9.17, 15) is 4.79 Å². The number of nitrogens with zero attached hydrogens (tertiary/aromatic N) is 1. The van der Waals surface area contributed by atoms with Gasteiger partial charge in [-0.1, -0.05) is 0 Å². The van der Waals surface area contributed by atoms with Gasteiger partial charge in [0.05, 0.1) is 11.6 Å². The number of ether oxygens (including phenoxy) is 1. The molecule has 0 saturated carbocycles. The Morgan fingerprint density at radius 2 is 2.36 bits per heavy atom. The maximum atomic E-state index is 10.7. The lowest BCUT2D eigenvalue weighted by Crippen LogP contribution is -2.07. The molecular weight excluding hydrogens is 248 g/mol. The molecule has 0 aliphatic carbocycles. The Morgan fingerprint density at radius 1 is 1.64 bits per heavy atom. The topological polar surface area (TPSA) is 62.1 Å². The second-order valence-corrected chi connectivity index (χ2v) is 3.27. The summed E-state index contributed by atoms with van der Waals surface area (Å²) in [6, 6.07) is 6.47. The fourth-order valence-electron chi connectivity index (χ4n) is 0.903. The van der Waals surface area contributed by atoms with Crippen molar-refractivity contribution in [1.29, 1.82) is 5.26 Å². The van der Waals surface area contributed by atoms with Crippen LogP contribution in [0.5, 0.6) is 5.75 Å². The summed E-state index contributed by atoms with van der Waals surface area (Å²) in [4.78, 5) is 10.7. The number of anilines is 1. The highest BCUT2D eigenvalue weighted by atomic mass is 79.9. The number of nitriles is 1. The molecule has 0 radical (unpaired) electrons. The minimum absolute atomic E-state index is 0.546. The van der Waals surface area contributed by atoms with E-state index < -0.39 is 5.91 Å². The maximum absolute atomic E-state index is 10.7. The zero-order valence-electron chi connectivity index (χ0n) is 7.37. The molecule has 1 rings (SSSR count). The van der Waals surface area contributed by atoms with E-state index in [1.54, 1.807) is 25.3 Å². The van der Waals surface area contributed by atoms with Gasteiger partial charge in [-0.15, -0.1) is 0 Å². The first-order valence-corrected chi connectivity index (χ1v) is 4.51. The quantitative estimate of drug-likeness (QED) is 0.821. The summed E-state index contributed by atoms with van der Waals surface area (Å²) in [5.41, 5.74) is 0.546. The molecule has 1 amide bonds. The second kappa shape index (κ2) is 4.63. The Labute approximate surface area is 89.6 Å². The van der Waals surface area contributed by atoms with Gasteiger partial charge in [-0.2, -0.15) is 5.26 Å². The fourth-order valence-corrected chi connectivity index (χ4v) is 1.44. The third-order valence-electron chi connectivity index (χ3n) is 1.51. The minimum atomic E-state index is -0.693. The van der Waals surface area contributed by atoms with E-state index in [1.807, 2.05) is 0 Å². The number of carbonyl (C=O) groups is 1. The fraction of sp³-hybridized carbons (Fsp3) is 0.111. The van der Waals surface area contributed by atoms with Crippen LogP contribution in [0.25, 0.3) is 0 Å². The average Bonchev–Trinajstić information content (AvgIpc) is 2.18. The number of methoxy groups -OCH3 is 1. The predicted molar refractivity (Wildman–Crippen MR) is 54.9 cm³/mol. The smallest absolute Gasteiger partial charge is 0.326 e. The maximum Gasteiger partial charge on any atom is 0.326 e. The summed E-state index contributed by atoms with van der Waals surface area (Å²) in [6.07, 6.45) is 0. The van der Waals surface area contributed by atoms with Crippen LogP contribution in [0.1, 0.15) is 0 Å². The van der Waals surface area contributed by atoms with Crippen LogP contribution >= 0.6 is 15.9 Å². The Bertz CT molecular complexity index is 398. The van der Waals surface area contributed by atoms with E-state index in [4.69, 9.17) is 10.00 Å². The zero-order valence-corrected chi connectivity index (χ0v) is 8.96. The molecule has 14 heavy (non-hydrogen) atoms. The number of hydrogen-bond donors (Lipinski definition) is 1. The SMILES string of the molecule is COc1ccc(NC(=O)C#N)cc1Br. The Morgan fingerprint density at radius 3 is 2.86 bits per heavy atom. The highest BCUT2D eigenvalue weighted by Crippen LogP contribution is 2.27. The minimum Gasteiger partial charge on any atom is -0.496 e.